The van der Waals surface area contributed by atoms with Gasteiger partial charge in [-0.3, -0.25) is 14.4 Å². The van der Waals surface area contributed by atoms with Crippen LogP contribution in [0.15, 0.2) is 41.8 Å². The summed E-state index contributed by atoms with van der Waals surface area (Å²) in [6, 6.07) is 10.8. The van der Waals surface area contributed by atoms with Gasteiger partial charge in [0.1, 0.15) is 0 Å². The molecule has 2 N–H and O–H groups in total. The first-order chi connectivity index (χ1) is 13.4. The van der Waals surface area contributed by atoms with E-state index in [9.17, 15) is 14.4 Å². The van der Waals surface area contributed by atoms with E-state index in [0.717, 1.165) is 12.8 Å². The quantitative estimate of drug-likeness (QED) is 0.802. The van der Waals surface area contributed by atoms with Gasteiger partial charge in [-0.15, -0.1) is 11.3 Å². The van der Waals surface area contributed by atoms with Gasteiger partial charge in [0.25, 0.3) is 5.91 Å². The Balaban J connectivity index is 1.61. The molecule has 0 spiro atoms. The fraction of sp³-hybridized carbons (Fsp3) is 0.381. The summed E-state index contributed by atoms with van der Waals surface area (Å²) in [5.74, 6) is -0.542. The van der Waals surface area contributed by atoms with Crippen LogP contribution in [0.3, 0.4) is 0 Å². The minimum Gasteiger partial charge on any atom is -0.337 e. The van der Waals surface area contributed by atoms with Crippen LogP contribution < -0.4 is 10.6 Å². The number of likely N-dealkylation sites (tertiary alicyclic amines) is 1. The van der Waals surface area contributed by atoms with Crippen LogP contribution in [0.2, 0.25) is 0 Å². The third-order valence-electron chi connectivity index (χ3n) is 4.73. The normalized spacial score (nSPS) is 16.7. The van der Waals surface area contributed by atoms with E-state index in [-0.39, 0.29) is 29.6 Å². The van der Waals surface area contributed by atoms with Crippen LogP contribution in [0.5, 0.6) is 0 Å². The number of carbonyl (C=O) groups excluding carboxylic acids is 3. The lowest BCUT2D eigenvalue weighted by atomic mass is 9.97. The zero-order chi connectivity index (χ0) is 20.1. The van der Waals surface area contributed by atoms with Gasteiger partial charge in [0.2, 0.25) is 11.8 Å². The van der Waals surface area contributed by atoms with Gasteiger partial charge in [-0.2, -0.15) is 0 Å². The van der Waals surface area contributed by atoms with Crippen molar-refractivity contribution in [2.75, 3.05) is 23.7 Å². The average molecular weight is 400 g/mol. The lowest BCUT2D eigenvalue weighted by Gasteiger charge is -2.31. The van der Waals surface area contributed by atoms with Crippen molar-refractivity contribution in [3.05, 3.63) is 46.7 Å². The molecule has 0 saturated carbocycles. The third kappa shape index (κ3) is 4.98. The highest BCUT2D eigenvalue weighted by atomic mass is 32.1. The van der Waals surface area contributed by atoms with Crippen molar-refractivity contribution in [3.63, 3.8) is 0 Å². The number of carbonyl (C=O) groups is 3. The number of hydrogen-bond donors (Lipinski definition) is 2. The topological polar surface area (TPSA) is 78.5 Å². The van der Waals surface area contributed by atoms with Crippen LogP contribution in [0.4, 0.5) is 11.4 Å². The highest BCUT2D eigenvalue weighted by molar-refractivity contribution is 7.12. The van der Waals surface area contributed by atoms with Crippen molar-refractivity contribution in [1.82, 2.24) is 4.90 Å². The van der Waals surface area contributed by atoms with Crippen LogP contribution in [0, 0.1) is 11.8 Å². The molecule has 3 amide bonds. The number of anilines is 2. The number of amides is 3. The summed E-state index contributed by atoms with van der Waals surface area (Å²) < 4.78 is 0. The SMILES string of the molecule is CC(C)C(=O)Nc1cccc(NC(=O)C2CCCN(C(=O)c3cccs3)C2)c1. The van der Waals surface area contributed by atoms with Crippen LogP contribution in [-0.4, -0.2) is 35.7 Å². The average Bonchev–Trinajstić information content (AvgIpc) is 3.22. The molecule has 1 fully saturated rings. The Morgan fingerprint density at radius 2 is 1.86 bits per heavy atom. The monoisotopic (exact) mass is 399 g/mol. The molecule has 28 heavy (non-hydrogen) atoms. The predicted octanol–water partition coefficient (Wildman–Crippen LogP) is 3.83. The summed E-state index contributed by atoms with van der Waals surface area (Å²) in [7, 11) is 0. The molecule has 2 heterocycles. The fourth-order valence-electron chi connectivity index (χ4n) is 3.14. The highest BCUT2D eigenvalue weighted by Gasteiger charge is 2.29. The Labute approximate surface area is 168 Å². The first-order valence-electron chi connectivity index (χ1n) is 9.48. The van der Waals surface area contributed by atoms with E-state index in [1.165, 1.54) is 11.3 Å². The van der Waals surface area contributed by atoms with Crippen LogP contribution in [-0.2, 0) is 9.59 Å². The maximum Gasteiger partial charge on any atom is 0.263 e. The molecule has 1 atom stereocenters. The molecule has 0 aliphatic carbocycles. The molecule has 148 valence electrons. The minimum atomic E-state index is -0.244. The molecule has 7 heteroatoms. The van der Waals surface area contributed by atoms with Gasteiger partial charge in [-0.25, -0.2) is 0 Å². The van der Waals surface area contributed by atoms with Crippen molar-refractivity contribution in [2.24, 2.45) is 11.8 Å². The van der Waals surface area contributed by atoms with Crippen LogP contribution in [0.25, 0.3) is 0 Å². The summed E-state index contributed by atoms with van der Waals surface area (Å²) in [5.41, 5.74) is 1.28. The second-order valence-corrected chi connectivity index (χ2v) is 8.23. The van der Waals surface area contributed by atoms with Gasteiger partial charge in [0, 0.05) is 30.4 Å². The highest BCUT2D eigenvalue weighted by Crippen LogP contribution is 2.23. The first kappa shape index (κ1) is 20.1. The Hall–Kier alpha value is -2.67. The summed E-state index contributed by atoms with van der Waals surface area (Å²) in [6.07, 6.45) is 1.56. The van der Waals surface area contributed by atoms with Crippen molar-refractivity contribution in [3.8, 4) is 0 Å². The van der Waals surface area contributed by atoms with Gasteiger partial charge in [-0.05, 0) is 42.5 Å². The van der Waals surface area contributed by atoms with Crippen molar-refractivity contribution in [2.45, 2.75) is 26.7 Å². The zero-order valence-electron chi connectivity index (χ0n) is 16.1. The molecule has 1 saturated heterocycles. The minimum absolute atomic E-state index is 0.00843. The van der Waals surface area contributed by atoms with E-state index in [4.69, 9.17) is 0 Å². The molecule has 1 unspecified atom stereocenters. The summed E-state index contributed by atoms with van der Waals surface area (Å²) in [6.45, 7) is 4.75. The fourth-order valence-corrected chi connectivity index (χ4v) is 3.83. The molecule has 1 aromatic carbocycles. The Morgan fingerprint density at radius 1 is 1.11 bits per heavy atom. The molecular formula is C21H25N3O3S. The van der Waals surface area contributed by atoms with E-state index in [0.29, 0.717) is 29.3 Å². The molecular weight excluding hydrogens is 374 g/mol. The largest absolute Gasteiger partial charge is 0.337 e. The van der Waals surface area contributed by atoms with E-state index >= 15 is 0 Å². The molecule has 1 aliphatic rings. The maximum atomic E-state index is 12.7. The number of nitrogens with one attached hydrogen (secondary N) is 2. The van der Waals surface area contributed by atoms with E-state index < -0.39 is 0 Å². The number of benzene rings is 1. The second-order valence-electron chi connectivity index (χ2n) is 7.28. The Morgan fingerprint density at radius 3 is 2.54 bits per heavy atom. The van der Waals surface area contributed by atoms with E-state index in [1.54, 1.807) is 29.2 Å². The molecule has 0 radical (unpaired) electrons. The van der Waals surface area contributed by atoms with Crippen LogP contribution >= 0.6 is 11.3 Å². The van der Waals surface area contributed by atoms with Crippen molar-refractivity contribution in [1.29, 1.82) is 0 Å². The lowest BCUT2D eigenvalue weighted by Crippen LogP contribution is -2.43. The Kier molecular flexibility index (Phi) is 6.46. The van der Waals surface area contributed by atoms with Crippen molar-refractivity contribution < 1.29 is 14.4 Å². The van der Waals surface area contributed by atoms with Crippen molar-refractivity contribution >= 4 is 40.4 Å². The first-order valence-corrected chi connectivity index (χ1v) is 10.4. The summed E-state index contributed by atoms with van der Waals surface area (Å²) in [5, 5.41) is 7.63. The maximum absolute atomic E-state index is 12.7. The Bertz CT molecular complexity index is 848. The van der Waals surface area contributed by atoms with Gasteiger partial charge in [0.05, 0.1) is 10.8 Å². The van der Waals surface area contributed by atoms with Gasteiger partial charge < -0.3 is 15.5 Å². The standard InChI is InChI=1S/C21H25N3O3S/c1-14(2)19(25)22-16-7-3-8-17(12-16)23-20(26)15-6-4-10-24(13-15)21(27)18-9-5-11-28-18/h3,5,7-9,11-12,14-15H,4,6,10,13H2,1-2H3,(H,22,25)(H,23,26). The van der Waals surface area contributed by atoms with Gasteiger partial charge in [-0.1, -0.05) is 26.0 Å². The third-order valence-corrected chi connectivity index (χ3v) is 5.59. The van der Waals surface area contributed by atoms with E-state index in [2.05, 4.69) is 10.6 Å². The lowest BCUT2D eigenvalue weighted by molar-refractivity contribution is -0.121. The number of nitrogens with zero attached hydrogens (tertiary/aromatic N) is 1. The van der Waals surface area contributed by atoms with Gasteiger partial charge >= 0.3 is 0 Å². The molecule has 6 nitrogen and oxygen atoms in total. The number of piperidine rings is 1. The zero-order valence-corrected chi connectivity index (χ0v) is 16.9. The predicted molar refractivity (Wildman–Crippen MR) is 111 cm³/mol. The van der Waals surface area contributed by atoms with E-state index in [1.807, 2.05) is 31.4 Å². The summed E-state index contributed by atoms with van der Waals surface area (Å²) in [4.78, 5) is 39.6. The molecule has 1 aromatic heterocycles. The summed E-state index contributed by atoms with van der Waals surface area (Å²) >= 11 is 1.42. The van der Waals surface area contributed by atoms with Crippen LogP contribution in [0.1, 0.15) is 36.4 Å². The molecule has 3 rings (SSSR count). The molecule has 1 aliphatic heterocycles. The number of rotatable bonds is 5. The number of thiophene rings is 1. The molecule has 0 bridgehead atoms. The van der Waals surface area contributed by atoms with Gasteiger partial charge in [0.15, 0.2) is 0 Å². The molecule has 2 aromatic rings. The number of hydrogen-bond acceptors (Lipinski definition) is 4. The smallest absolute Gasteiger partial charge is 0.263 e. The second kappa shape index (κ2) is 9.01.